The van der Waals surface area contributed by atoms with E-state index in [9.17, 15) is 0 Å². The Morgan fingerprint density at radius 2 is 1.43 bits per heavy atom. The fourth-order valence-corrected chi connectivity index (χ4v) is 4.03. The molecule has 0 saturated carbocycles. The molecule has 1 saturated heterocycles. The first-order valence-electron chi connectivity index (χ1n) is 15.6. The number of rotatable bonds is 7. The minimum absolute atomic E-state index is 0. The molecular weight excluding hydrogens is 677 g/mol. The van der Waals surface area contributed by atoms with Crippen LogP contribution in [-0.2, 0) is 6.54 Å². The Kier molecular flexibility index (Phi) is 21.1. The van der Waals surface area contributed by atoms with Crippen LogP contribution in [0.25, 0.3) is 10.8 Å². The van der Waals surface area contributed by atoms with E-state index in [1.54, 1.807) is 19.3 Å². The summed E-state index contributed by atoms with van der Waals surface area (Å²) < 4.78 is 6.07. The van der Waals surface area contributed by atoms with Crippen molar-refractivity contribution in [2.45, 2.75) is 32.4 Å². The van der Waals surface area contributed by atoms with Gasteiger partial charge < -0.3 is 20.7 Å². The van der Waals surface area contributed by atoms with E-state index in [1.165, 1.54) is 5.56 Å². The molecule has 3 heterocycles. The molecule has 0 atom stereocenters. The van der Waals surface area contributed by atoms with Crippen molar-refractivity contribution in [2.24, 2.45) is 21.0 Å². The van der Waals surface area contributed by atoms with Gasteiger partial charge in [-0.15, -0.1) is 11.3 Å². The predicted molar refractivity (Wildman–Crippen MR) is 230 cm³/mol. The first-order chi connectivity index (χ1) is 26.5. The maximum Gasteiger partial charge on any atom is 0.215 e. The molecule has 1 aliphatic heterocycles. The standard InChI is InChI=1S/C21H25N5O.C21H4.HN5O.10H2/c1-26-10-6-18(7-11-26)27-20-13-17(5-9-23-20)25-14-15-2-3-19-16(12-15)4-8-24-21(19)22;1-3-5-7-9-11-13-15-17-19-21-20-18-16-14-12-10-8-6-4-2;1-2-3-4-5-6;;;;;;;;;;/h2-5,8-9,12-13,18H,6-7,10-11,14H2,1H3,(H2,22,24)(H,23,25);1H,2H3;1H;10*1H/b;;2-1?,4-3+;;;;;;;;;;. The van der Waals surface area contributed by atoms with Crippen LogP contribution in [0.15, 0.2) is 69.7 Å². The van der Waals surface area contributed by atoms with E-state index in [-0.39, 0.29) is 20.4 Å². The number of ether oxygens (including phenoxy) is 1. The maximum absolute atomic E-state index is 8.91. The monoisotopic (exact) mass is 726 g/mol. The lowest BCUT2D eigenvalue weighted by atomic mass is 10.1. The third-order valence-corrected chi connectivity index (χ3v) is 6.36. The normalized spacial score (nSPS) is 10.3. The van der Waals surface area contributed by atoms with Crippen molar-refractivity contribution >= 4 is 22.3 Å². The van der Waals surface area contributed by atoms with Gasteiger partial charge in [-0.2, -0.15) is 5.53 Å². The first-order valence-corrected chi connectivity index (χ1v) is 15.6. The first kappa shape index (κ1) is 41.7. The van der Waals surface area contributed by atoms with Crippen molar-refractivity contribution in [3.05, 3.63) is 59.3 Å². The van der Waals surface area contributed by atoms with Gasteiger partial charge >= 0.3 is 0 Å². The highest BCUT2D eigenvalue weighted by atomic mass is 16.5. The number of pyridine rings is 2. The van der Waals surface area contributed by atoms with Gasteiger partial charge in [-0.25, -0.2) is 9.97 Å². The van der Waals surface area contributed by atoms with Crippen LogP contribution in [-0.4, -0.2) is 41.1 Å². The maximum atomic E-state index is 8.91. The molecule has 3 aromatic rings. The summed E-state index contributed by atoms with van der Waals surface area (Å²) in [5.41, 5.74) is 14.0. The molecule has 0 spiro atoms. The highest BCUT2D eigenvalue weighted by Gasteiger charge is 2.18. The summed E-state index contributed by atoms with van der Waals surface area (Å²) in [6.45, 7) is 4.56. The zero-order chi connectivity index (χ0) is 38.9. The molecule has 0 aliphatic carbocycles. The second-order valence-corrected chi connectivity index (χ2v) is 9.99. The molecule has 0 unspecified atom stereocenters. The van der Waals surface area contributed by atoms with Gasteiger partial charge in [0.05, 0.1) is 0 Å². The van der Waals surface area contributed by atoms with Crippen LogP contribution in [0.1, 0.15) is 39.6 Å². The lowest BCUT2D eigenvalue weighted by molar-refractivity contribution is 0.110. The van der Waals surface area contributed by atoms with Crippen LogP contribution in [0.5, 0.6) is 5.88 Å². The topological polar surface area (TPSA) is 167 Å². The third-order valence-electron chi connectivity index (χ3n) is 6.36. The average Bonchev–Trinajstić information content (AvgIpc) is 3.19. The van der Waals surface area contributed by atoms with Crippen LogP contribution in [0.2, 0.25) is 0 Å². The van der Waals surface area contributed by atoms with Gasteiger partial charge in [-0.05, 0) is 161 Å². The second-order valence-electron chi connectivity index (χ2n) is 9.99. The summed E-state index contributed by atoms with van der Waals surface area (Å²) in [6, 6.07) is 12.2. The Morgan fingerprint density at radius 3 is 1.96 bits per heavy atom. The van der Waals surface area contributed by atoms with E-state index in [2.05, 4.69) is 168 Å². The molecule has 1 aliphatic rings. The second kappa shape index (κ2) is 27.4. The summed E-state index contributed by atoms with van der Waals surface area (Å²) in [6.07, 6.45) is 10.8. The fourth-order valence-electron chi connectivity index (χ4n) is 4.03. The molecule has 1 fully saturated rings. The Bertz CT molecular complexity index is 2470. The number of nitrogens with one attached hydrogen (secondary N) is 2. The van der Waals surface area contributed by atoms with Gasteiger partial charge in [0.2, 0.25) is 5.88 Å². The molecule has 0 radical (unpaired) electrons. The number of benzene rings is 1. The quantitative estimate of drug-likeness (QED) is 0.0981. The van der Waals surface area contributed by atoms with Crippen LogP contribution in [0.3, 0.4) is 0 Å². The highest BCUT2D eigenvalue weighted by molar-refractivity contribution is 5.91. The highest BCUT2D eigenvalue weighted by Crippen LogP contribution is 2.22. The zero-order valence-electron chi connectivity index (χ0n) is 29.3. The minimum Gasteiger partial charge on any atom is -0.474 e. The van der Waals surface area contributed by atoms with E-state index in [0.29, 0.717) is 11.7 Å². The Balaban J connectivity index is -0.000000107. The number of nitroso groups, excluding NO2 is 1. The van der Waals surface area contributed by atoms with Crippen LogP contribution in [0, 0.1) is 129 Å². The zero-order valence-corrected chi connectivity index (χ0v) is 29.3. The predicted octanol–water partition coefficient (Wildman–Crippen LogP) is 7.49. The fraction of sp³-hybridized carbons (Fsp3) is 0.190. The lowest BCUT2D eigenvalue weighted by Gasteiger charge is -2.29. The van der Waals surface area contributed by atoms with Gasteiger partial charge in [0, 0.05) is 80.5 Å². The summed E-state index contributed by atoms with van der Waals surface area (Å²) in [5, 5.41) is 14.8. The number of hydrogen-bond donors (Lipinski definition) is 3. The molecule has 0 bridgehead atoms. The number of fused-ring (bicyclic) bond motifs is 1. The molecule has 12 heteroatoms. The molecule has 1 aromatic carbocycles. The number of aromatic nitrogens is 2. The third kappa shape index (κ3) is 18.9. The largest absolute Gasteiger partial charge is 0.474 e. The van der Waals surface area contributed by atoms with E-state index >= 15 is 0 Å². The molecular formula is C42H50N10O2. The van der Waals surface area contributed by atoms with Crippen molar-refractivity contribution in [1.82, 2.24) is 14.9 Å². The van der Waals surface area contributed by atoms with Crippen molar-refractivity contribution in [3.63, 3.8) is 0 Å². The smallest absolute Gasteiger partial charge is 0.215 e. The molecule has 4 rings (SSSR count). The Hall–Kier alpha value is -8.46. The van der Waals surface area contributed by atoms with E-state index in [4.69, 9.17) is 27.3 Å². The number of likely N-dealkylation sites (tertiary alicyclic amines) is 1. The van der Waals surface area contributed by atoms with Crippen LogP contribution < -0.4 is 15.8 Å². The molecule has 0 amide bonds. The van der Waals surface area contributed by atoms with Gasteiger partial charge in [0.25, 0.3) is 0 Å². The average molecular weight is 727 g/mol. The number of nitrogen functional groups attached to an aromatic ring is 1. The number of hydrogen-bond acceptors (Lipinski definition) is 8. The number of piperidine rings is 1. The SMILES string of the molecule is C#CC#CC#CC#CC#CC#CC#CC#CC#CC#CC.CN1CCC(Oc2cc(NCc3ccc4c(N)nccc4c3)ccn2)CC1.N=N/N=N/N=O.[HH].[HH].[HH].[HH].[HH].[HH].[HH].[HH].[HH].[HH]. The number of nitrogens with zero attached hydrogens (tertiary/aromatic N) is 7. The molecule has 2 aromatic heterocycles. The summed E-state index contributed by atoms with van der Waals surface area (Å²) >= 11 is 0. The van der Waals surface area contributed by atoms with E-state index in [0.717, 1.165) is 48.9 Å². The van der Waals surface area contributed by atoms with E-state index < -0.39 is 0 Å². The van der Waals surface area contributed by atoms with Crippen molar-refractivity contribution in [1.29, 1.82) is 5.53 Å². The van der Waals surface area contributed by atoms with Gasteiger partial charge in [-0.3, -0.25) is 0 Å². The summed E-state index contributed by atoms with van der Waals surface area (Å²) in [5.74, 6) is 48.2. The van der Waals surface area contributed by atoms with Gasteiger partial charge in [0.1, 0.15) is 17.2 Å². The van der Waals surface area contributed by atoms with Crippen molar-refractivity contribution < 1.29 is 19.0 Å². The van der Waals surface area contributed by atoms with E-state index in [1.807, 2.05) is 29.6 Å². The van der Waals surface area contributed by atoms with Crippen molar-refractivity contribution in [2.75, 3.05) is 31.2 Å². The lowest BCUT2D eigenvalue weighted by Crippen LogP contribution is -2.35. The molecule has 54 heavy (non-hydrogen) atoms. The molecule has 280 valence electrons. The minimum atomic E-state index is 0. The Morgan fingerprint density at radius 1 is 0.852 bits per heavy atom. The molecule has 12 nitrogen and oxygen atoms in total. The van der Waals surface area contributed by atoms with Gasteiger partial charge in [-0.1, -0.05) is 18.1 Å². The number of nitrogens with two attached hydrogens (primary N) is 1. The summed E-state index contributed by atoms with van der Waals surface area (Å²) in [4.78, 5) is 19.7. The Labute approximate surface area is 330 Å². The van der Waals surface area contributed by atoms with Crippen LogP contribution >= 0.6 is 0 Å². The number of anilines is 2. The van der Waals surface area contributed by atoms with Crippen molar-refractivity contribution in [3.8, 4) is 125 Å². The van der Waals surface area contributed by atoms with Crippen LogP contribution in [0.4, 0.5) is 11.5 Å². The summed E-state index contributed by atoms with van der Waals surface area (Å²) in [7, 11) is 2.15. The molecule has 4 N–H and O–H groups in total. The number of terminal acetylenes is 1. The van der Waals surface area contributed by atoms with Gasteiger partial charge in [0.15, 0.2) is 0 Å².